The molecule has 0 saturated heterocycles. The second-order valence-electron chi connectivity index (χ2n) is 4.85. The Hall–Kier alpha value is -2.26. The zero-order valence-electron chi connectivity index (χ0n) is 11.5. The molecule has 0 atom stereocenters. The SMILES string of the molecule is CCn1cc(C(=O)O)c2cc(-c3ccccc3Cl)ccc21. The van der Waals surface area contributed by atoms with Crippen molar-refractivity contribution in [2.75, 3.05) is 0 Å². The Morgan fingerprint density at radius 1 is 1.24 bits per heavy atom. The number of aryl methyl sites for hydroxylation is 1. The van der Waals surface area contributed by atoms with Crippen LogP contribution in [0.3, 0.4) is 0 Å². The van der Waals surface area contributed by atoms with Crippen LogP contribution in [0, 0.1) is 0 Å². The van der Waals surface area contributed by atoms with Crippen molar-refractivity contribution < 1.29 is 9.90 Å². The van der Waals surface area contributed by atoms with Gasteiger partial charge in [-0.2, -0.15) is 0 Å². The Morgan fingerprint density at radius 2 is 2.00 bits per heavy atom. The molecule has 0 radical (unpaired) electrons. The topological polar surface area (TPSA) is 42.2 Å². The lowest BCUT2D eigenvalue weighted by Crippen LogP contribution is -1.94. The average molecular weight is 300 g/mol. The summed E-state index contributed by atoms with van der Waals surface area (Å²) in [4.78, 5) is 11.4. The van der Waals surface area contributed by atoms with Gasteiger partial charge in [-0.3, -0.25) is 0 Å². The molecule has 0 bridgehead atoms. The maximum Gasteiger partial charge on any atom is 0.337 e. The zero-order chi connectivity index (χ0) is 15.0. The molecule has 0 aliphatic carbocycles. The number of halogens is 1. The summed E-state index contributed by atoms with van der Waals surface area (Å²) in [6, 6.07) is 13.4. The number of carbonyl (C=O) groups is 1. The van der Waals surface area contributed by atoms with Crippen molar-refractivity contribution >= 4 is 28.5 Å². The van der Waals surface area contributed by atoms with Crippen LogP contribution in [-0.2, 0) is 6.54 Å². The number of nitrogens with zero attached hydrogens (tertiary/aromatic N) is 1. The number of benzene rings is 2. The van der Waals surface area contributed by atoms with Gasteiger partial charge in [0.05, 0.1) is 5.56 Å². The Balaban J connectivity index is 2.27. The predicted molar refractivity (Wildman–Crippen MR) is 85.0 cm³/mol. The molecular weight excluding hydrogens is 286 g/mol. The van der Waals surface area contributed by atoms with E-state index in [4.69, 9.17) is 11.6 Å². The molecule has 3 nitrogen and oxygen atoms in total. The lowest BCUT2D eigenvalue weighted by atomic mass is 10.0. The highest BCUT2D eigenvalue weighted by molar-refractivity contribution is 6.33. The normalized spacial score (nSPS) is 11.0. The van der Waals surface area contributed by atoms with Gasteiger partial charge >= 0.3 is 5.97 Å². The summed E-state index contributed by atoms with van der Waals surface area (Å²) in [5.74, 6) is -0.913. The number of carboxylic acid groups (broad SMARTS) is 1. The van der Waals surface area contributed by atoms with E-state index in [2.05, 4.69) is 0 Å². The molecule has 0 aliphatic rings. The van der Waals surface area contributed by atoms with Gasteiger partial charge in [-0.15, -0.1) is 0 Å². The van der Waals surface area contributed by atoms with Crippen LogP contribution in [0.15, 0.2) is 48.7 Å². The molecule has 21 heavy (non-hydrogen) atoms. The molecule has 0 saturated carbocycles. The van der Waals surface area contributed by atoms with Gasteiger partial charge in [0, 0.05) is 34.2 Å². The van der Waals surface area contributed by atoms with Crippen LogP contribution in [0.4, 0.5) is 0 Å². The van der Waals surface area contributed by atoms with Crippen LogP contribution >= 0.6 is 11.6 Å². The van der Waals surface area contributed by atoms with Crippen LogP contribution in [-0.4, -0.2) is 15.6 Å². The maximum atomic E-state index is 11.4. The van der Waals surface area contributed by atoms with E-state index in [1.807, 2.05) is 54.0 Å². The summed E-state index contributed by atoms with van der Waals surface area (Å²) >= 11 is 6.22. The van der Waals surface area contributed by atoms with Crippen LogP contribution in [0.2, 0.25) is 5.02 Å². The van der Waals surface area contributed by atoms with E-state index >= 15 is 0 Å². The van der Waals surface area contributed by atoms with E-state index in [1.165, 1.54) is 0 Å². The number of aromatic carboxylic acids is 1. The lowest BCUT2D eigenvalue weighted by Gasteiger charge is -2.06. The molecule has 3 rings (SSSR count). The van der Waals surface area contributed by atoms with Crippen LogP contribution in [0.25, 0.3) is 22.0 Å². The van der Waals surface area contributed by atoms with Gasteiger partial charge in [-0.25, -0.2) is 4.79 Å². The number of aromatic nitrogens is 1. The van der Waals surface area contributed by atoms with Crippen LogP contribution in [0.5, 0.6) is 0 Å². The quantitative estimate of drug-likeness (QED) is 0.763. The molecule has 4 heteroatoms. The lowest BCUT2D eigenvalue weighted by molar-refractivity contribution is 0.0699. The van der Waals surface area contributed by atoms with Gasteiger partial charge in [-0.1, -0.05) is 35.9 Å². The molecule has 1 aromatic heterocycles. The Bertz CT molecular complexity index is 836. The third kappa shape index (κ3) is 2.30. The Kier molecular flexibility index (Phi) is 3.43. The molecule has 106 valence electrons. The van der Waals surface area contributed by atoms with Crippen molar-refractivity contribution in [3.8, 4) is 11.1 Å². The highest BCUT2D eigenvalue weighted by atomic mass is 35.5. The highest BCUT2D eigenvalue weighted by Crippen LogP contribution is 2.32. The van der Waals surface area contributed by atoms with Crippen molar-refractivity contribution in [3.05, 3.63) is 59.2 Å². The molecule has 0 amide bonds. The molecule has 1 heterocycles. The number of rotatable bonds is 3. The van der Waals surface area contributed by atoms with Gasteiger partial charge in [-0.05, 0) is 30.7 Å². The van der Waals surface area contributed by atoms with Crippen LogP contribution < -0.4 is 0 Å². The first kappa shape index (κ1) is 13.7. The molecule has 3 aromatic rings. The van der Waals surface area contributed by atoms with Crippen molar-refractivity contribution in [2.24, 2.45) is 0 Å². The minimum Gasteiger partial charge on any atom is -0.478 e. The average Bonchev–Trinajstić information content (AvgIpc) is 2.85. The highest BCUT2D eigenvalue weighted by Gasteiger charge is 2.14. The summed E-state index contributed by atoms with van der Waals surface area (Å²) in [7, 11) is 0. The third-order valence-corrected chi connectivity index (χ3v) is 3.97. The number of hydrogen-bond donors (Lipinski definition) is 1. The van der Waals surface area contributed by atoms with E-state index in [1.54, 1.807) is 6.20 Å². The van der Waals surface area contributed by atoms with Crippen molar-refractivity contribution in [1.29, 1.82) is 0 Å². The first-order chi connectivity index (χ1) is 10.1. The summed E-state index contributed by atoms with van der Waals surface area (Å²) in [5, 5.41) is 10.8. The summed E-state index contributed by atoms with van der Waals surface area (Å²) < 4.78 is 1.94. The van der Waals surface area contributed by atoms with Gasteiger partial charge in [0.1, 0.15) is 0 Å². The predicted octanol–water partition coefficient (Wildman–Crippen LogP) is 4.68. The summed E-state index contributed by atoms with van der Waals surface area (Å²) in [6.07, 6.45) is 1.68. The smallest absolute Gasteiger partial charge is 0.337 e. The van der Waals surface area contributed by atoms with Gasteiger partial charge in [0.2, 0.25) is 0 Å². The van der Waals surface area contributed by atoms with E-state index in [-0.39, 0.29) is 0 Å². The number of hydrogen-bond acceptors (Lipinski definition) is 1. The summed E-state index contributed by atoms with van der Waals surface area (Å²) in [6.45, 7) is 2.72. The third-order valence-electron chi connectivity index (χ3n) is 3.64. The van der Waals surface area contributed by atoms with Gasteiger partial charge < -0.3 is 9.67 Å². The largest absolute Gasteiger partial charge is 0.478 e. The van der Waals surface area contributed by atoms with Crippen molar-refractivity contribution in [2.45, 2.75) is 13.5 Å². The van der Waals surface area contributed by atoms with E-state index in [0.717, 1.165) is 28.6 Å². The van der Waals surface area contributed by atoms with Crippen molar-refractivity contribution in [3.63, 3.8) is 0 Å². The minimum atomic E-state index is -0.913. The fourth-order valence-corrected chi connectivity index (χ4v) is 2.84. The molecular formula is C17H14ClNO2. The first-order valence-electron chi connectivity index (χ1n) is 6.73. The Morgan fingerprint density at radius 3 is 2.67 bits per heavy atom. The van der Waals surface area contributed by atoms with E-state index in [9.17, 15) is 9.90 Å². The van der Waals surface area contributed by atoms with E-state index in [0.29, 0.717) is 10.6 Å². The van der Waals surface area contributed by atoms with Crippen molar-refractivity contribution in [1.82, 2.24) is 4.57 Å². The Labute approximate surface area is 127 Å². The number of fused-ring (bicyclic) bond motifs is 1. The van der Waals surface area contributed by atoms with Gasteiger partial charge in [0.15, 0.2) is 0 Å². The summed E-state index contributed by atoms with van der Waals surface area (Å²) in [5.41, 5.74) is 3.07. The van der Waals surface area contributed by atoms with Gasteiger partial charge in [0.25, 0.3) is 0 Å². The molecule has 0 fully saturated rings. The fraction of sp³-hybridized carbons (Fsp3) is 0.118. The molecule has 2 aromatic carbocycles. The monoisotopic (exact) mass is 299 g/mol. The zero-order valence-corrected chi connectivity index (χ0v) is 12.3. The van der Waals surface area contributed by atoms with Crippen LogP contribution in [0.1, 0.15) is 17.3 Å². The molecule has 0 unspecified atom stereocenters. The second kappa shape index (κ2) is 5.26. The maximum absolute atomic E-state index is 11.4. The second-order valence-corrected chi connectivity index (χ2v) is 5.25. The molecule has 1 N–H and O–H groups in total. The minimum absolute atomic E-state index is 0.320. The fourth-order valence-electron chi connectivity index (χ4n) is 2.59. The number of carboxylic acids is 1. The van der Waals surface area contributed by atoms with E-state index < -0.39 is 5.97 Å². The standard InChI is InChI=1S/C17H14ClNO2/c1-2-19-10-14(17(20)21)13-9-11(7-8-16(13)19)12-5-3-4-6-15(12)18/h3-10H,2H2,1H3,(H,20,21). The first-order valence-corrected chi connectivity index (χ1v) is 7.10. The molecule has 0 spiro atoms. The molecule has 0 aliphatic heterocycles.